The molecule has 16 heavy (non-hydrogen) atoms. The van der Waals surface area contributed by atoms with Gasteiger partial charge in [-0.2, -0.15) is 0 Å². The second-order valence-electron chi connectivity index (χ2n) is 3.65. The first-order valence-electron chi connectivity index (χ1n) is 5.16. The van der Waals surface area contributed by atoms with Gasteiger partial charge in [0.25, 0.3) is 0 Å². The third-order valence-electron chi connectivity index (χ3n) is 2.44. The lowest BCUT2D eigenvalue weighted by molar-refractivity contribution is -0.154. The normalized spacial score (nSPS) is 24.9. The molecule has 0 atom stereocenters. The summed E-state index contributed by atoms with van der Waals surface area (Å²) in [6.07, 6.45) is 3.00. The van der Waals surface area contributed by atoms with Crippen molar-refractivity contribution in [3.8, 4) is 0 Å². The van der Waals surface area contributed by atoms with Crippen molar-refractivity contribution in [2.75, 3.05) is 10.7 Å². The van der Waals surface area contributed by atoms with Crippen LogP contribution in [0, 0.1) is 0 Å². The van der Waals surface area contributed by atoms with Gasteiger partial charge >= 0.3 is 11.9 Å². The van der Waals surface area contributed by atoms with Crippen LogP contribution in [0.5, 0.6) is 0 Å². The Bertz CT molecular complexity index is 223. The van der Waals surface area contributed by atoms with Crippen LogP contribution in [-0.2, 0) is 19.1 Å². The van der Waals surface area contributed by atoms with Crippen molar-refractivity contribution in [3.63, 3.8) is 0 Å². The number of rotatable bonds is 4. The summed E-state index contributed by atoms with van der Waals surface area (Å²) in [6, 6.07) is 0. The Labute approximate surface area is 111 Å². The summed E-state index contributed by atoms with van der Waals surface area (Å²) in [4.78, 5) is 22.0. The molecular formula is C10H14Br2O4. The molecule has 1 rings (SSSR count). The fourth-order valence-corrected chi connectivity index (χ4v) is 1.97. The number of alkyl halides is 2. The number of hydrogen-bond acceptors (Lipinski definition) is 4. The molecule has 0 unspecified atom stereocenters. The van der Waals surface area contributed by atoms with Gasteiger partial charge in [0.1, 0.15) is 22.9 Å². The van der Waals surface area contributed by atoms with Crippen LogP contribution in [0.3, 0.4) is 0 Å². The van der Waals surface area contributed by atoms with Crippen molar-refractivity contribution in [1.82, 2.24) is 0 Å². The van der Waals surface area contributed by atoms with E-state index in [-0.39, 0.29) is 34.8 Å². The molecule has 6 heteroatoms. The lowest BCUT2D eigenvalue weighted by Crippen LogP contribution is -2.30. The molecule has 1 saturated carbocycles. The minimum atomic E-state index is -0.235. The van der Waals surface area contributed by atoms with Crippen LogP contribution in [0.25, 0.3) is 0 Å². The Morgan fingerprint density at radius 2 is 1.19 bits per heavy atom. The minimum Gasteiger partial charge on any atom is -0.462 e. The summed E-state index contributed by atoms with van der Waals surface area (Å²) < 4.78 is 10.4. The largest absolute Gasteiger partial charge is 0.462 e. The van der Waals surface area contributed by atoms with Gasteiger partial charge in [-0.3, -0.25) is 9.59 Å². The zero-order valence-electron chi connectivity index (χ0n) is 8.79. The van der Waals surface area contributed by atoms with Crippen molar-refractivity contribution in [2.45, 2.75) is 37.9 Å². The van der Waals surface area contributed by atoms with E-state index >= 15 is 0 Å². The van der Waals surface area contributed by atoms with E-state index in [1.807, 2.05) is 0 Å². The van der Waals surface area contributed by atoms with E-state index in [4.69, 9.17) is 9.47 Å². The standard InChI is InChI=1S/C10H14Br2O4/c11-5-9(13)15-7-1-2-8(4-3-7)16-10(14)6-12/h7-8H,1-6H2/t7-,8+. The molecule has 0 saturated heterocycles. The fourth-order valence-electron chi connectivity index (χ4n) is 1.70. The van der Waals surface area contributed by atoms with Gasteiger partial charge in [-0.05, 0) is 25.7 Å². The molecular weight excluding hydrogens is 344 g/mol. The van der Waals surface area contributed by atoms with Gasteiger partial charge in [0.15, 0.2) is 0 Å². The second-order valence-corrected chi connectivity index (χ2v) is 4.77. The molecule has 0 aromatic rings. The van der Waals surface area contributed by atoms with Crippen molar-refractivity contribution >= 4 is 43.8 Å². The lowest BCUT2D eigenvalue weighted by atomic mass is 9.95. The maximum absolute atomic E-state index is 11.0. The van der Waals surface area contributed by atoms with Crippen LogP contribution in [0.1, 0.15) is 25.7 Å². The molecule has 0 aromatic carbocycles. The molecule has 1 fully saturated rings. The highest BCUT2D eigenvalue weighted by Crippen LogP contribution is 2.23. The van der Waals surface area contributed by atoms with Crippen molar-refractivity contribution in [2.24, 2.45) is 0 Å². The molecule has 0 aliphatic heterocycles. The summed E-state index contributed by atoms with van der Waals surface area (Å²) in [5, 5.41) is 0.455. The predicted molar refractivity (Wildman–Crippen MR) is 65.8 cm³/mol. The highest BCUT2D eigenvalue weighted by molar-refractivity contribution is 9.09. The summed E-state index contributed by atoms with van der Waals surface area (Å²) in [6.45, 7) is 0. The van der Waals surface area contributed by atoms with E-state index in [2.05, 4.69) is 31.9 Å². The number of ether oxygens (including phenoxy) is 2. The van der Waals surface area contributed by atoms with Gasteiger partial charge in [-0.25, -0.2) is 0 Å². The third kappa shape index (κ3) is 4.82. The Morgan fingerprint density at radius 1 is 0.875 bits per heavy atom. The van der Waals surface area contributed by atoms with Gasteiger partial charge in [0.05, 0.1) is 0 Å². The summed E-state index contributed by atoms with van der Waals surface area (Å²) >= 11 is 6.09. The topological polar surface area (TPSA) is 52.6 Å². The monoisotopic (exact) mass is 356 g/mol. The molecule has 1 aliphatic rings. The maximum atomic E-state index is 11.0. The minimum absolute atomic E-state index is 0.0241. The second kappa shape index (κ2) is 7.27. The molecule has 1 aliphatic carbocycles. The van der Waals surface area contributed by atoms with Gasteiger partial charge < -0.3 is 9.47 Å². The highest BCUT2D eigenvalue weighted by atomic mass is 79.9. The van der Waals surface area contributed by atoms with Gasteiger partial charge in [-0.1, -0.05) is 31.9 Å². The Hall–Kier alpha value is -0.100. The maximum Gasteiger partial charge on any atom is 0.316 e. The first-order valence-corrected chi connectivity index (χ1v) is 7.41. The van der Waals surface area contributed by atoms with Crippen molar-refractivity contribution in [3.05, 3.63) is 0 Å². The molecule has 0 radical (unpaired) electrons. The number of carbonyl (C=O) groups excluding carboxylic acids is 2. The quantitative estimate of drug-likeness (QED) is 0.571. The molecule has 0 N–H and O–H groups in total. The number of carbonyl (C=O) groups is 2. The van der Waals surface area contributed by atoms with E-state index in [0.717, 1.165) is 25.7 Å². The Kier molecular flexibility index (Phi) is 6.34. The average molecular weight is 358 g/mol. The van der Waals surface area contributed by atoms with Crippen molar-refractivity contribution < 1.29 is 19.1 Å². The van der Waals surface area contributed by atoms with E-state index in [1.54, 1.807) is 0 Å². The SMILES string of the molecule is O=C(CBr)O[C@H]1CC[C@@H](OC(=O)CBr)CC1. The molecule has 0 spiro atoms. The van der Waals surface area contributed by atoms with Crippen molar-refractivity contribution in [1.29, 1.82) is 0 Å². The number of hydrogen-bond donors (Lipinski definition) is 0. The molecule has 0 bridgehead atoms. The summed E-state index contributed by atoms with van der Waals surface area (Å²) in [7, 11) is 0. The highest BCUT2D eigenvalue weighted by Gasteiger charge is 2.25. The van der Waals surface area contributed by atoms with Crippen LogP contribution < -0.4 is 0 Å². The van der Waals surface area contributed by atoms with Gasteiger partial charge in [-0.15, -0.1) is 0 Å². The van der Waals surface area contributed by atoms with Gasteiger partial charge in [0, 0.05) is 0 Å². The third-order valence-corrected chi connectivity index (χ3v) is 3.35. The molecule has 92 valence electrons. The Morgan fingerprint density at radius 3 is 1.44 bits per heavy atom. The molecule has 0 heterocycles. The predicted octanol–water partition coefficient (Wildman–Crippen LogP) is 2.17. The zero-order chi connectivity index (χ0) is 12.0. The van der Waals surface area contributed by atoms with Crippen LogP contribution in [-0.4, -0.2) is 34.8 Å². The van der Waals surface area contributed by atoms with E-state index < -0.39 is 0 Å². The van der Waals surface area contributed by atoms with Crippen LogP contribution in [0.4, 0.5) is 0 Å². The Balaban J connectivity index is 2.23. The van der Waals surface area contributed by atoms with Crippen LogP contribution in [0.2, 0.25) is 0 Å². The first kappa shape index (κ1) is 14.0. The molecule has 0 aromatic heterocycles. The molecule has 4 nitrogen and oxygen atoms in total. The zero-order valence-corrected chi connectivity index (χ0v) is 12.0. The average Bonchev–Trinajstić information content (AvgIpc) is 2.31. The summed E-state index contributed by atoms with van der Waals surface area (Å²) in [5.74, 6) is -0.471. The van der Waals surface area contributed by atoms with Crippen LogP contribution in [0.15, 0.2) is 0 Å². The van der Waals surface area contributed by atoms with E-state index in [1.165, 1.54) is 0 Å². The number of esters is 2. The first-order chi connectivity index (χ1) is 7.65. The van der Waals surface area contributed by atoms with Crippen LogP contribution >= 0.6 is 31.9 Å². The molecule has 0 amide bonds. The summed E-state index contributed by atoms with van der Waals surface area (Å²) in [5.41, 5.74) is 0. The lowest BCUT2D eigenvalue weighted by Gasteiger charge is -2.27. The smallest absolute Gasteiger partial charge is 0.316 e. The number of halogens is 2. The van der Waals surface area contributed by atoms with Gasteiger partial charge in [0.2, 0.25) is 0 Å². The van der Waals surface area contributed by atoms with E-state index in [9.17, 15) is 9.59 Å². The fraction of sp³-hybridized carbons (Fsp3) is 0.800. The van der Waals surface area contributed by atoms with E-state index in [0.29, 0.717) is 0 Å².